The van der Waals surface area contributed by atoms with Crippen molar-refractivity contribution in [3.63, 3.8) is 0 Å². The van der Waals surface area contributed by atoms with Crippen molar-refractivity contribution >= 4 is 11.8 Å². The fourth-order valence-electron chi connectivity index (χ4n) is 19.4. The third-order valence-electron chi connectivity index (χ3n) is 28.0. The van der Waals surface area contributed by atoms with E-state index < -0.39 is 497 Å². The first-order valence-electron chi connectivity index (χ1n) is 47.7. The molecule has 0 aliphatic carbocycles. The highest BCUT2D eigenvalue weighted by molar-refractivity contribution is 5.73. The summed E-state index contributed by atoms with van der Waals surface area (Å²) in [4.78, 5) is 25.6. The van der Waals surface area contributed by atoms with Gasteiger partial charge in [-0.3, -0.25) is 9.59 Å². The molecule has 13 saturated heterocycles. The molecule has 0 aromatic heterocycles. The van der Waals surface area contributed by atoms with Crippen molar-refractivity contribution in [2.45, 2.75) is 413 Å². The average Bonchev–Trinajstić information content (AvgIpc) is 0.801. The van der Waals surface area contributed by atoms with E-state index in [-0.39, 0.29) is 0 Å². The summed E-state index contributed by atoms with van der Waals surface area (Å²) in [6.07, 6.45) is -143. The second-order valence-electron chi connectivity index (χ2n) is 38.0. The minimum absolute atomic E-state index is 0.853. The number of rotatable bonds is 39. The molecule has 0 aromatic rings. The van der Waals surface area contributed by atoms with E-state index in [1.54, 1.807) is 0 Å². The average molecular weight is 2210 g/mol. The summed E-state index contributed by atoms with van der Waals surface area (Å²) >= 11 is 0. The first-order chi connectivity index (χ1) is 71.1. The molecule has 13 rings (SSSR count). The van der Waals surface area contributed by atoms with Gasteiger partial charge in [0, 0.05) is 13.8 Å². The summed E-state index contributed by atoms with van der Waals surface area (Å²) < 4.78 is 147. The molecule has 0 bridgehead atoms. The number of hydrogen-bond acceptors (Lipinski definition) is 66. The Morgan fingerprint density at radius 3 is 0.680 bits per heavy atom. The Morgan fingerprint density at radius 2 is 0.367 bits per heavy atom. The third-order valence-corrected chi connectivity index (χ3v) is 28.0. The summed E-state index contributed by atoms with van der Waals surface area (Å²) in [7, 11) is 0. The molecular formula is C82H138N2O66. The van der Waals surface area contributed by atoms with Crippen molar-refractivity contribution in [1.82, 2.24) is 10.6 Å². The van der Waals surface area contributed by atoms with Crippen molar-refractivity contribution in [3.05, 3.63) is 0 Å². The number of amides is 2. The molecule has 65 atom stereocenters. The molecular weight excluding hydrogens is 2070 g/mol. The summed E-state index contributed by atoms with van der Waals surface area (Å²) in [5, 5.41) is 444. The largest absolute Gasteiger partial charge is 0.394 e. The first-order valence-corrected chi connectivity index (χ1v) is 47.7. The number of nitrogens with one attached hydrogen (secondary N) is 2. The predicted molar refractivity (Wildman–Crippen MR) is 451 cm³/mol. The molecule has 0 aromatic carbocycles. The number of ether oxygens (including phenoxy) is 25. The van der Waals surface area contributed by atoms with Gasteiger partial charge in [-0.05, 0) is 0 Å². The van der Waals surface area contributed by atoms with E-state index in [0.717, 1.165) is 13.8 Å². The summed E-state index contributed by atoms with van der Waals surface area (Å²) in [6.45, 7) is -13.9. The van der Waals surface area contributed by atoms with Gasteiger partial charge in [-0.15, -0.1) is 0 Å². The Morgan fingerprint density at radius 1 is 0.173 bits per heavy atom. The standard InChI is InChI=1S/C82H138N2O66/c1-16(96)83-31-44(109)60(27(12-94)128-70(31)125)141-71-32(84-17(2)97)45(110)61(28(13-95)138-71)142-78-59(124)65(146-81-69(52(117)39(104)23(8-90)136-81)150-82-68(51(116)38(103)24(9-91)137-82)149-77-58(123)63(41(106)26(11-93)133-77)144-76-57(122)62(40(105)25(10-92)132-76)143-73-53(118)46(111)33(98)18(3-85)129-73)43(108)30(140-78)14-126-72-56(121)64(145-80-67(50(115)37(102)22(7-89)135-80)148-75-55(120)48(113)35(100)20(5-87)131-75)42(107)29(139-72)15-127-79-66(49(114)36(101)21(6-88)134-79)147-74-54(119)47(112)34(99)19(4-86)130-74/h18-82,85-95,98-125H,3-15H2,1-2H3,(H,83,96)(H,84,97)/t18-,19-,20-,21-,22-,23-,24-,25-,26-,27-,28-,29-,30-,31-,32-,33-,34-,35-,36-,37-,38-,39-,40-,41-,42-,43-,44-,45-,46+,47+,48+,49+,50+,51+,52+,53-,54+,55+,56+,57-,58+,59+,60-,61-,62+,63+,64+,65+,66+,67+,68+,69+,70?,71+,72+,73-,74-,75-,76-,77-,78+,79+,80-,81-,82-/m1/s1. The lowest BCUT2D eigenvalue weighted by atomic mass is 9.94. The molecule has 13 heterocycles. The van der Waals surface area contributed by atoms with Crippen LogP contribution in [0.4, 0.5) is 0 Å². The quantitative estimate of drug-likeness (QED) is 0.0272. The SMILES string of the molecule is CC(=O)N[C@H]1[C@H](O[C@H]2[C@H](O)[C@@H](NC(C)=O)C(O)O[C@@H]2CO)O[C@H](CO)[C@@H](O[C@@H]2O[C@H](CO[C@H]3O[C@H](CO[C@H]4O[C@H](CO)[C@@H](O)[C@H](O)[C@@H]4O[C@H]4O[C@H](CO)[C@@H](O)[C@H](O)[C@@H]4O)[C@@H](O)[C@H](O[C@H]4O[C@H](CO)[C@@H](O)[C@H](O)[C@@H]4O[C@H]4O[C@H](CO)[C@@H](O)[C@H](O)[C@@H]4O)[C@@H]3O)[C@@H](O)[C@H](O[C@H]3O[C@H](CO)[C@@H](O)[C@H](O)[C@@H]3O[C@H]3O[C@H](CO)[C@@H](O)[C@H](O)[C@@H]3O[C@H]3O[C@H](CO)[C@@H](O)[C@H](O[C@H]4O[C@H](CO)[C@@H](O)[C@H](O[C@H]5O[C@H](CO)[C@@H](O)[C@H](O)[C@H]5O)[C@H]4O)[C@@H]3O)[C@@H]2O)[C@@H]1O. The van der Waals surface area contributed by atoms with Gasteiger partial charge < -0.3 is 328 Å². The molecule has 150 heavy (non-hydrogen) atoms. The van der Waals surface area contributed by atoms with Gasteiger partial charge in [0.1, 0.15) is 317 Å². The Bertz CT molecular complexity index is 4070. The van der Waals surface area contributed by atoms with Crippen molar-refractivity contribution < 1.29 is 327 Å². The number of hydrogen-bond donors (Lipinski definition) is 41. The lowest BCUT2D eigenvalue weighted by Crippen LogP contribution is -2.70. The maximum atomic E-state index is 13.3. The van der Waals surface area contributed by atoms with Crippen LogP contribution < -0.4 is 10.6 Å². The van der Waals surface area contributed by atoms with Crippen LogP contribution in [0.15, 0.2) is 0 Å². The van der Waals surface area contributed by atoms with E-state index in [0.29, 0.717) is 0 Å². The Kier molecular flexibility index (Phi) is 44.2. The van der Waals surface area contributed by atoms with Crippen molar-refractivity contribution in [2.75, 3.05) is 85.9 Å². The Balaban J connectivity index is 0.846. The molecule has 68 nitrogen and oxygen atoms in total. The minimum atomic E-state index is -2.79. The zero-order valence-corrected chi connectivity index (χ0v) is 79.2. The summed E-state index contributed by atoms with van der Waals surface area (Å²) in [6, 6.07) is -3.81. The van der Waals surface area contributed by atoms with Gasteiger partial charge in [0.2, 0.25) is 11.8 Å². The minimum Gasteiger partial charge on any atom is -0.394 e. The van der Waals surface area contributed by atoms with Crippen LogP contribution in [0.2, 0.25) is 0 Å². The smallest absolute Gasteiger partial charge is 0.217 e. The second kappa shape index (κ2) is 53.8. The number of carbonyl (C=O) groups excluding carboxylic acids is 2. The molecule has 2 amide bonds. The van der Waals surface area contributed by atoms with Gasteiger partial charge in [0.05, 0.1) is 85.9 Å². The highest BCUT2D eigenvalue weighted by atomic mass is 16.8. The van der Waals surface area contributed by atoms with Crippen LogP contribution in [-0.2, 0) is 128 Å². The first kappa shape index (κ1) is 123. The van der Waals surface area contributed by atoms with E-state index >= 15 is 0 Å². The Labute approximate surface area is 845 Å². The summed E-state index contributed by atoms with van der Waals surface area (Å²) in [5.74, 6) is -1.89. The number of carbonyl (C=O) groups is 2. The topological polar surface area (TPSA) is 1080 Å². The number of aliphatic hydroxyl groups is 39. The van der Waals surface area contributed by atoms with Crippen molar-refractivity contribution in [2.24, 2.45) is 0 Å². The molecule has 0 spiro atoms. The second-order valence-corrected chi connectivity index (χ2v) is 38.0. The van der Waals surface area contributed by atoms with Gasteiger partial charge in [0.15, 0.2) is 81.8 Å². The molecule has 0 saturated carbocycles. The zero-order valence-electron chi connectivity index (χ0n) is 79.2. The molecule has 13 aliphatic heterocycles. The number of aliphatic hydroxyl groups excluding tert-OH is 39. The normalized spacial score (nSPS) is 52.1. The van der Waals surface area contributed by atoms with Crippen LogP contribution in [0.25, 0.3) is 0 Å². The fourth-order valence-corrected chi connectivity index (χ4v) is 19.4. The van der Waals surface area contributed by atoms with Gasteiger partial charge in [0.25, 0.3) is 0 Å². The molecule has 13 fully saturated rings. The summed E-state index contributed by atoms with van der Waals surface area (Å²) in [5.41, 5.74) is 0. The molecule has 41 N–H and O–H groups in total. The van der Waals surface area contributed by atoms with Crippen molar-refractivity contribution in [3.8, 4) is 0 Å². The van der Waals surface area contributed by atoms with E-state index in [1.807, 2.05) is 0 Å². The molecule has 68 heteroatoms. The van der Waals surface area contributed by atoms with Gasteiger partial charge in [-0.2, -0.15) is 0 Å². The fraction of sp³-hybridized carbons (Fsp3) is 0.976. The third kappa shape index (κ3) is 26.2. The van der Waals surface area contributed by atoms with E-state index in [2.05, 4.69) is 10.6 Å². The highest BCUT2D eigenvalue weighted by Gasteiger charge is 2.64. The van der Waals surface area contributed by atoms with Gasteiger partial charge in [-0.25, -0.2) is 0 Å². The van der Waals surface area contributed by atoms with Crippen LogP contribution in [0.5, 0.6) is 0 Å². The maximum Gasteiger partial charge on any atom is 0.217 e. The van der Waals surface area contributed by atoms with Crippen LogP contribution in [0.1, 0.15) is 13.8 Å². The molecule has 1 unspecified atom stereocenters. The van der Waals surface area contributed by atoms with Crippen LogP contribution in [0, 0.1) is 0 Å². The lowest BCUT2D eigenvalue weighted by Gasteiger charge is -2.51. The van der Waals surface area contributed by atoms with E-state index in [4.69, 9.17) is 118 Å². The zero-order chi connectivity index (χ0) is 110. The van der Waals surface area contributed by atoms with E-state index in [9.17, 15) is 209 Å². The molecule has 872 valence electrons. The maximum absolute atomic E-state index is 13.3. The molecule has 13 aliphatic rings. The van der Waals surface area contributed by atoms with Crippen molar-refractivity contribution in [1.29, 1.82) is 0 Å². The van der Waals surface area contributed by atoms with Crippen LogP contribution in [0.3, 0.4) is 0 Å². The predicted octanol–water partition coefficient (Wildman–Crippen LogP) is -29.0. The highest BCUT2D eigenvalue weighted by Crippen LogP contribution is 2.44. The van der Waals surface area contributed by atoms with E-state index in [1.165, 1.54) is 0 Å². The lowest BCUT2D eigenvalue weighted by molar-refractivity contribution is -0.412. The van der Waals surface area contributed by atoms with Gasteiger partial charge in [-0.1, -0.05) is 0 Å². The van der Waals surface area contributed by atoms with Crippen LogP contribution in [-0.4, -0.2) is 696 Å². The molecule has 0 radical (unpaired) electrons. The monoisotopic (exact) mass is 2210 g/mol. The van der Waals surface area contributed by atoms with Gasteiger partial charge >= 0.3 is 0 Å². The van der Waals surface area contributed by atoms with Crippen LogP contribution >= 0.6 is 0 Å². The Hall–Kier alpha value is -3.62.